The van der Waals surface area contributed by atoms with Crippen molar-refractivity contribution in [2.75, 3.05) is 6.54 Å². The molecular formula is C8H18N2O4S. The fraction of sp³-hybridized carbons (Fsp3) is 0.875. The van der Waals surface area contributed by atoms with Crippen molar-refractivity contribution < 1.29 is 18.3 Å². The van der Waals surface area contributed by atoms with Crippen LogP contribution in [0.1, 0.15) is 27.2 Å². The predicted octanol–water partition coefficient (Wildman–Crippen LogP) is -0.0704. The van der Waals surface area contributed by atoms with Crippen LogP contribution in [0, 0.1) is 5.92 Å². The fourth-order valence-corrected chi connectivity index (χ4v) is 1.98. The van der Waals surface area contributed by atoms with Gasteiger partial charge in [0.2, 0.25) is 0 Å². The van der Waals surface area contributed by atoms with Gasteiger partial charge in [0, 0.05) is 12.6 Å². The van der Waals surface area contributed by atoms with Gasteiger partial charge in [0.1, 0.15) is 0 Å². The molecule has 0 aliphatic rings. The first kappa shape index (κ1) is 14.3. The maximum atomic E-state index is 11.2. The smallest absolute Gasteiger partial charge is 0.306 e. The van der Waals surface area contributed by atoms with E-state index in [1.54, 1.807) is 13.8 Å². The quantitative estimate of drug-likeness (QED) is 0.578. The Hall–Kier alpha value is -0.660. The summed E-state index contributed by atoms with van der Waals surface area (Å²) in [5.74, 6) is -1.47. The van der Waals surface area contributed by atoms with Gasteiger partial charge in [-0.3, -0.25) is 4.79 Å². The molecule has 3 N–H and O–H groups in total. The molecule has 0 bridgehead atoms. The molecule has 0 spiro atoms. The Kier molecular flexibility index (Phi) is 5.77. The van der Waals surface area contributed by atoms with Crippen LogP contribution in [-0.4, -0.2) is 32.1 Å². The van der Waals surface area contributed by atoms with E-state index in [1.165, 1.54) is 6.92 Å². The summed E-state index contributed by atoms with van der Waals surface area (Å²) in [7, 11) is -3.50. The van der Waals surface area contributed by atoms with Crippen LogP contribution in [0.4, 0.5) is 0 Å². The number of carboxylic acids is 1. The molecule has 90 valence electrons. The summed E-state index contributed by atoms with van der Waals surface area (Å²) < 4.78 is 27.1. The van der Waals surface area contributed by atoms with Crippen molar-refractivity contribution in [3.8, 4) is 0 Å². The third kappa shape index (κ3) is 7.29. The van der Waals surface area contributed by atoms with Crippen LogP contribution in [0.15, 0.2) is 0 Å². The summed E-state index contributed by atoms with van der Waals surface area (Å²) in [6, 6.07) is -0.181. The van der Waals surface area contributed by atoms with Crippen molar-refractivity contribution in [3.05, 3.63) is 0 Å². The number of carbonyl (C=O) groups is 1. The Bertz CT molecular complexity index is 300. The minimum absolute atomic E-state index is 0.121. The standard InChI is InChI=1S/C8H18N2O4S/c1-6(2)10-15(13,14)9-5-4-7(3)8(11)12/h6-7,9-10H,4-5H2,1-3H3,(H,11,12). The molecule has 0 aliphatic carbocycles. The second kappa shape index (κ2) is 6.04. The Balaban J connectivity index is 3.91. The topological polar surface area (TPSA) is 95.5 Å². The summed E-state index contributed by atoms with van der Waals surface area (Å²) in [6.07, 6.45) is 0.272. The molecule has 7 heteroatoms. The average Bonchev–Trinajstić information content (AvgIpc) is 2.00. The monoisotopic (exact) mass is 238 g/mol. The SMILES string of the molecule is CC(C)NS(=O)(=O)NCCC(C)C(=O)O. The van der Waals surface area contributed by atoms with Crippen molar-refractivity contribution in [2.45, 2.75) is 33.2 Å². The van der Waals surface area contributed by atoms with E-state index in [0.29, 0.717) is 0 Å². The third-order valence-corrected chi connectivity index (χ3v) is 3.05. The Morgan fingerprint density at radius 3 is 2.27 bits per heavy atom. The van der Waals surface area contributed by atoms with Crippen molar-refractivity contribution in [3.63, 3.8) is 0 Å². The van der Waals surface area contributed by atoms with Crippen LogP contribution in [0.3, 0.4) is 0 Å². The molecule has 1 atom stereocenters. The minimum Gasteiger partial charge on any atom is -0.481 e. The number of rotatable bonds is 7. The summed E-state index contributed by atoms with van der Waals surface area (Å²) in [4.78, 5) is 10.4. The summed E-state index contributed by atoms with van der Waals surface area (Å²) in [5.41, 5.74) is 0. The van der Waals surface area contributed by atoms with Gasteiger partial charge < -0.3 is 5.11 Å². The number of hydrogen-bond donors (Lipinski definition) is 3. The van der Waals surface area contributed by atoms with Gasteiger partial charge in [-0.2, -0.15) is 13.1 Å². The van der Waals surface area contributed by atoms with Crippen molar-refractivity contribution in [2.24, 2.45) is 5.92 Å². The number of nitrogens with one attached hydrogen (secondary N) is 2. The van der Waals surface area contributed by atoms with E-state index in [2.05, 4.69) is 9.44 Å². The van der Waals surface area contributed by atoms with E-state index in [-0.39, 0.29) is 19.0 Å². The molecule has 0 aromatic carbocycles. The summed E-state index contributed by atoms with van der Waals surface area (Å²) >= 11 is 0. The first-order valence-electron chi connectivity index (χ1n) is 4.74. The molecule has 0 saturated carbocycles. The zero-order chi connectivity index (χ0) is 12.1. The summed E-state index contributed by atoms with van der Waals surface area (Å²) in [6.45, 7) is 5.07. The van der Waals surface area contributed by atoms with E-state index in [9.17, 15) is 13.2 Å². The lowest BCUT2D eigenvalue weighted by Crippen LogP contribution is -2.41. The molecular weight excluding hydrogens is 220 g/mol. The molecule has 0 rings (SSSR count). The Morgan fingerprint density at radius 1 is 1.33 bits per heavy atom. The number of aliphatic carboxylic acids is 1. The molecule has 0 aromatic heterocycles. The van der Waals surface area contributed by atoms with Gasteiger partial charge in [0.05, 0.1) is 5.92 Å². The molecule has 1 unspecified atom stereocenters. The molecule has 0 amide bonds. The summed E-state index contributed by atoms with van der Waals surface area (Å²) in [5, 5.41) is 8.56. The van der Waals surface area contributed by atoms with Crippen LogP contribution in [0.5, 0.6) is 0 Å². The molecule has 0 heterocycles. The highest BCUT2D eigenvalue weighted by atomic mass is 32.2. The zero-order valence-electron chi connectivity index (χ0n) is 9.15. The third-order valence-electron chi connectivity index (χ3n) is 1.68. The number of carboxylic acid groups (broad SMARTS) is 1. The van der Waals surface area contributed by atoms with E-state index in [0.717, 1.165) is 0 Å². The van der Waals surface area contributed by atoms with Crippen LogP contribution in [0.25, 0.3) is 0 Å². The van der Waals surface area contributed by atoms with Crippen LogP contribution >= 0.6 is 0 Å². The van der Waals surface area contributed by atoms with Gasteiger partial charge in [-0.1, -0.05) is 6.92 Å². The normalized spacial score (nSPS) is 14.1. The lowest BCUT2D eigenvalue weighted by atomic mass is 10.1. The van der Waals surface area contributed by atoms with E-state index in [4.69, 9.17) is 5.11 Å². The first-order chi connectivity index (χ1) is 6.74. The van der Waals surface area contributed by atoms with Gasteiger partial charge in [-0.25, -0.2) is 4.72 Å². The predicted molar refractivity (Wildman–Crippen MR) is 56.6 cm³/mol. The van der Waals surface area contributed by atoms with Gasteiger partial charge in [-0.15, -0.1) is 0 Å². The van der Waals surface area contributed by atoms with Crippen LogP contribution < -0.4 is 9.44 Å². The van der Waals surface area contributed by atoms with Crippen molar-refractivity contribution >= 4 is 16.2 Å². The lowest BCUT2D eigenvalue weighted by molar-refractivity contribution is -0.141. The van der Waals surface area contributed by atoms with Crippen LogP contribution in [-0.2, 0) is 15.0 Å². The van der Waals surface area contributed by atoms with E-state index < -0.39 is 22.1 Å². The molecule has 6 nitrogen and oxygen atoms in total. The van der Waals surface area contributed by atoms with Gasteiger partial charge >= 0.3 is 5.97 Å². The molecule has 0 saturated heterocycles. The first-order valence-corrected chi connectivity index (χ1v) is 6.22. The lowest BCUT2D eigenvalue weighted by Gasteiger charge is -2.11. The second-order valence-electron chi connectivity index (χ2n) is 3.70. The average molecular weight is 238 g/mol. The molecule has 15 heavy (non-hydrogen) atoms. The minimum atomic E-state index is -3.50. The van der Waals surface area contributed by atoms with Crippen molar-refractivity contribution in [1.29, 1.82) is 0 Å². The highest BCUT2D eigenvalue weighted by Gasteiger charge is 2.14. The highest BCUT2D eigenvalue weighted by molar-refractivity contribution is 7.87. The van der Waals surface area contributed by atoms with Gasteiger partial charge in [0.15, 0.2) is 0 Å². The number of hydrogen-bond acceptors (Lipinski definition) is 3. The van der Waals surface area contributed by atoms with E-state index in [1.807, 2.05) is 0 Å². The van der Waals surface area contributed by atoms with Gasteiger partial charge in [-0.05, 0) is 20.3 Å². The highest BCUT2D eigenvalue weighted by Crippen LogP contribution is 1.99. The maximum Gasteiger partial charge on any atom is 0.306 e. The zero-order valence-corrected chi connectivity index (χ0v) is 9.97. The van der Waals surface area contributed by atoms with Gasteiger partial charge in [0.25, 0.3) is 10.2 Å². The van der Waals surface area contributed by atoms with E-state index >= 15 is 0 Å². The van der Waals surface area contributed by atoms with Crippen molar-refractivity contribution in [1.82, 2.24) is 9.44 Å². The second-order valence-corrected chi connectivity index (χ2v) is 5.23. The molecule has 0 radical (unpaired) electrons. The maximum absolute atomic E-state index is 11.2. The Morgan fingerprint density at radius 2 is 1.87 bits per heavy atom. The molecule has 0 aromatic rings. The van der Waals surface area contributed by atoms with Crippen LogP contribution in [0.2, 0.25) is 0 Å². The Labute approximate surface area is 90.2 Å². The fourth-order valence-electron chi connectivity index (χ4n) is 0.885. The molecule has 0 fully saturated rings. The largest absolute Gasteiger partial charge is 0.481 e. The molecule has 0 aliphatic heterocycles.